The van der Waals surface area contributed by atoms with Crippen molar-refractivity contribution in [2.75, 3.05) is 20.8 Å². The number of hydrogen-bond acceptors (Lipinski definition) is 4. The van der Waals surface area contributed by atoms with E-state index >= 15 is 0 Å². The van der Waals surface area contributed by atoms with Gasteiger partial charge in [0.15, 0.2) is 0 Å². The van der Waals surface area contributed by atoms with Gasteiger partial charge in [-0.05, 0) is 35.4 Å². The highest BCUT2D eigenvalue weighted by atomic mass is 16.5. The molecule has 2 aromatic carbocycles. The average Bonchev–Trinajstić information content (AvgIpc) is 2.60. The first-order valence-corrected chi connectivity index (χ1v) is 7.31. The average molecular weight is 315 g/mol. The van der Waals surface area contributed by atoms with Gasteiger partial charge in [-0.2, -0.15) is 0 Å². The van der Waals surface area contributed by atoms with Gasteiger partial charge in [0.2, 0.25) is 5.91 Å². The summed E-state index contributed by atoms with van der Waals surface area (Å²) in [4.78, 5) is 11.8. The van der Waals surface area contributed by atoms with Gasteiger partial charge in [-0.1, -0.05) is 24.3 Å². The summed E-state index contributed by atoms with van der Waals surface area (Å²) in [6.07, 6.45) is 0. The third-order valence-electron chi connectivity index (χ3n) is 3.28. The number of hydrogen-bond donors (Lipinski definition) is 1. The summed E-state index contributed by atoms with van der Waals surface area (Å²) < 4.78 is 15.7. The lowest BCUT2D eigenvalue weighted by Crippen LogP contribution is -2.27. The molecule has 0 saturated heterocycles. The number of rotatable bonds is 8. The van der Waals surface area contributed by atoms with Gasteiger partial charge in [-0.3, -0.25) is 4.79 Å². The van der Waals surface area contributed by atoms with Crippen LogP contribution in [0.3, 0.4) is 0 Å². The van der Waals surface area contributed by atoms with E-state index in [0.29, 0.717) is 13.2 Å². The lowest BCUT2D eigenvalue weighted by atomic mass is 10.2. The number of carbonyl (C=O) groups is 1. The smallest absolute Gasteiger partial charge is 0.246 e. The molecule has 5 nitrogen and oxygen atoms in total. The summed E-state index contributed by atoms with van der Waals surface area (Å²) in [6, 6.07) is 15.1. The summed E-state index contributed by atoms with van der Waals surface area (Å²) in [5.74, 6) is 1.42. The number of carbonyl (C=O) groups excluding carboxylic acids is 1. The van der Waals surface area contributed by atoms with E-state index < -0.39 is 0 Å². The highest BCUT2D eigenvalue weighted by molar-refractivity contribution is 5.77. The number of benzene rings is 2. The van der Waals surface area contributed by atoms with Gasteiger partial charge >= 0.3 is 0 Å². The summed E-state index contributed by atoms with van der Waals surface area (Å²) >= 11 is 0. The molecule has 2 aromatic rings. The molecule has 5 heteroatoms. The minimum Gasteiger partial charge on any atom is -0.497 e. The molecule has 23 heavy (non-hydrogen) atoms. The molecule has 1 N–H and O–H groups in total. The first kappa shape index (κ1) is 16.8. The molecule has 122 valence electrons. The van der Waals surface area contributed by atoms with E-state index in [1.165, 1.54) is 0 Å². The standard InChI is InChI=1S/C18H21NO4/c1-21-16-8-6-14(7-9-16)11-19-18(20)13-23-12-15-4-3-5-17(10-15)22-2/h3-10H,11-13H2,1-2H3,(H,19,20). The Bertz CT molecular complexity index is 625. The Labute approximate surface area is 136 Å². The molecule has 2 rings (SSSR count). The van der Waals surface area contributed by atoms with Gasteiger partial charge in [0, 0.05) is 6.54 Å². The van der Waals surface area contributed by atoms with Crippen LogP contribution in [-0.4, -0.2) is 26.7 Å². The largest absolute Gasteiger partial charge is 0.497 e. The number of amides is 1. The Hall–Kier alpha value is -2.53. The molecule has 0 bridgehead atoms. The highest BCUT2D eigenvalue weighted by Crippen LogP contribution is 2.13. The number of nitrogens with one attached hydrogen (secondary N) is 1. The van der Waals surface area contributed by atoms with E-state index in [1.54, 1.807) is 14.2 Å². The van der Waals surface area contributed by atoms with Crippen molar-refractivity contribution in [1.82, 2.24) is 5.32 Å². The van der Waals surface area contributed by atoms with Crippen molar-refractivity contribution in [1.29, 1.82) is 0 Å². The molecule has 0 aliphatic carbocycles. The molecule has 0 aliphatic rings. The molecule has 0 aliphatic heterocycles. The van der Waals surface area contributed by atoms with Crippen molar-refractivity contribution >= 4 is 5.91 Å². The molecule has 0 aromatic heterocycles. The van der Waals surface area contributed by atoms with Crippen LogP contribution in [0.2, 0.25) is 0 Å². The predicted molar refractivity (Wildman–Crippen MR) is 87.5 cm³/mol. The summed E-state index contributed by atoms with van der Waals surface area (Å²) in [7, 11) is 3.24. The van der Waals surface area contributed by atoms with Crippen LogP contribution in [0.25, 0.3) is 0 Å². The highest BCUT2D eigenvalue weighted by Gasteiger charge is 2.03. The summed E-state index contributed by atoms with van der Waals surface area (Å²) in [5.41, 5.74) is 1.97. The van der Waals surface area contributed by atoms with Crippen molar-refractivity contribution in [3.8, 4) is 11.5 Å². The number of ether oxygens (including phenoxy) is 3. The second-order valence-electron chi connectivity index (χ2n) is 4.97. The zero-order chi connectivity index (χ0) is 16.5. The van der Waals surface area contributed by atoms with Gasteiger partial charge in [0.25, 0.3) is 0 Å². The van der Waals surface area contributed by atoms with Crippen molar-refractivity contribution in [3.05, 3.63) is 59.7 Å². The molecular formula is C18H21NO4. The maximum absolute atomic E-state index is 11.8. The Morgan fingerprint density at radius 2 is 1.70 bits per heavy atom. The van der Waals surface area contributed by atoms with Crippen molar-refractivity contribution in [2.45, 2.75) is 13.2 Å². The molecule has 0 atom stereocenters. The zero-order valence-corrected chi connectivity index (χ0v) is 13.4. The lowest BCUT2D eigenvalue weighted by molar-refractivity contribution is -0.126. The first-order chi connectivity index (χ1) is 11.2. The van der Waals surface area contributed by atoms with Crippen LogP contribution in [0, 0.1) is 0 Å². The third-order valence-corrected chi connectivity index (χ3v) is 3.28. The number of methoxy groups -OCH3 is 2. The second kappa shape index (κ2) is 8.80. The van der Waals surface area contributed by atoms with E-state index in [4.69, 9.17) is 14.2 Å². The Balaban J connectivity index is 1.70. The van der Waals surface area contributed by atoms with Crippen LogP contribution in [0.4, 0.5) is 0 Å². The molecule has 0 radical (unpaired) electrons. The van der Waals surface area contributed by atoms with Crippen LogP contribution >= 0.6 is 0 Å². The van der Waals surface area contributed by atoms with Gasteiger partial charge in [0.05, 0.1) is 20.8 Å². The zero-order valence-electron chi connectivity index (χ0n) is 13.4. The van der Waals surface area contributed by atoms with E-state index in [9.17, 15) is 4.79 Å². The maximum Gasteiger partial charge on any atom is 0.246 e. The fraction of sp³-hybridized carbons (Fsp3) is 0.278. The second-order valence-corrected chi connectivity index (χ2v) is 4.97. The maximum atomic E-state index is 11.8. The summed E-state index contributed by atoms with van der Waals surface area (Å²) in [6.45, 7) is 0.853. The molecule has 0 unspecified atom stereocenters. The minimum atomic E-state index is -0.149. The van der Waals surface area contributed by atoms with Crippen LogP contribution in [-0.2, 0) is 22.7 Å². The molecule has 0 spiro atoms. The Morgan fingerprint density at radius 1 is 0.957 bits per heavy atom. The van der Waals surface area contributed by atoms with Gasteiger partial charge < -0.3 is 19.5 Å². The van der Waals surface area contributed by atoms with E-state index in [0.717, 1.165) is 22.6 Å². The van der Waals surface area contributed by atoms with Gasteiger partial charge in [-0.25, -0.2) is 0 Å². The van der Waals surface area contributed by atoms with Crippen LogP contribution in [0.1, 0.15) is 11.1 Å². The Kier molecular flexibility index (Phi) is 6.44. The van der Waals surface area contributed by atoms with Crippen LogP contribution in [0.15, 0.2) is 48.5 Å². The predicted octanol–water partition coefficient (Wildman–Crippen LogP) is 2.54. The molecule has 0 heterocycles. The summed E-state index contributed by atoms with van der Waals surface area (Å²) in [5, 5.41) is 2.82. The Morgan fingerprint density at radius 3 is 2.39 bits per heavy atom. The SMILES string of the molecule is COc1ccc(CNC(=O)COCc2cccc(OC)c2)cc1. The van der Waals surface area contributed by atoms with E-state index in [-0.39, 0.29) is 12.5 Å². The minimum absolute atomic E-state index is 0.0212. The van der Waals surface area contributed by atoms with Crippen molar-refractivity contribution in [3.63, 3.8) is 0 Å². The molecule has 0 saturated carbocycles. The topological polar surface area (TPSA) is 56.8 Å². The fourth-order valence-corrected chi connectivity index (χ4v) is 2.02. The lowest BCUT2D eigenvalue weighted by Gasteiger charge is -2.08. The van der Waals surface area contributed by atoms with Gasteiger partial charge in [0.1, 0.15) is 18.1 Å². The quantitative estimate of drug-likeness (QED) is 0.813. The van der Waals surface area contributed by atoms with Crippen molar-refractivity contribution in [2.24, 2.45) is 0 Å². The van der Waals surface area contributed by atoms with E-state index in [2.05, 4.69) is 5.32 Å². The molecule has 0 fully saturated rings. The van der Waals surface area contributed by atoms with E-state index in [1.807, 2.05) is 48.5 Å². The van der Waals surface area contributed by atoms with Crippen LogP contribution in [0.5, 0.6) is 11.5 Å². The van der Waals surface area contributed by atoms with Crippen molar-refractivity contribution < 1.29 is 19.0 Å². The molecule has 1 amide bonds. The fourth-order valence-electron chi connectivity index (χ4n) is 2.02. The normalized spacial score (nSPS) is 10.2. The monoisotopic (exact) mass is 315 g/mol. The van der Waals surface area contributed by atoms with Gasteiger partial charge in [-0.15, -0.1) is 0 Å². The molecular weight excluding hydrogens is 294 g/mol. The first-order valence-electron chi connectivity index (χ1n) is 7.31. The van der Waals surface area contributed by atoms with Crippen LogP contribution < -0.4 is 14.8 Å². The third kappa shape index (κ3) is 5.64.